The summed E-state index contributed by atoms with van der Waals surface area (Å²) in [5.41, 5.74) is -0.0895. The van der Waals surface area contributed by atoms with Gasteiger partial charge in [0, 0.05) is 25.6 Å². The van der Waals surface area contributed by atoms with E-state index in [2.05, 4.69) is 10.4 Å². The molecule has 0 radical (unpaired) electrons. The number of aliphatic hydroxyl groups is 1. The average molecular weight is 254 g/mol. The zero-order valence-corrected chi connectivity index (χ0v) is 11.1. The first-order chi connectivity index (χ1) is 8.58. The minimum Gasteiger partial charge on any atom is -0.390 e. The summed E-state index contributed by atoms with van der Waals surface area (Å²) < 4.78 is 3.12. The lowest BCUT2D eigenvalue weighted by atomic mass is 10.2. The Labute approximate surface area is 107 Å². The molecule has 1 aromatic rings. The highest BCUT2D eigenvalue weighted by Gasteiger charge is 2.18. The first-order valence-corrected chi connectivity index (χ1v) is 6.66. The van der Waals surface area contributed by atoms with Gasteiger partial charge in [-0.05, 0) is 12.8 Å². The fourth-order valence-corrected chi connectivity index (χ4v) is 2.20. The van der Waals surface area contributed by atoms with E-state index in [1.165, 1.54) is 4.68 Å². The normalized spacial score (nSPS) is 16.9. The van der Waals surface area contributed by atoms with E-state index in [4.69, 9.17) is 0 Å². The number of aliphatic hydroxyl groups excluding tert-OH is 1. The van der Waals surface area contributed by atoms with Crippen molar-refractivity contribution in [3.8, 4) is 0 Å². The van der Waals surface area contributed by atoms with Crippen LogP contribution in [-0.4, -0.2) is 38.1 Å². The van der Waals surface area contributed by atoms with Crippen LogP contribution in [0.2, 0.25) is 0 Å². The molecule has 2 heterocycles. The highest BCUT2D eigenvalue weighted by atomic mass is 16.3. The van der Waals surface area contributed by atoms with Gasteiger partial charge in [-0.1, -0.05) is 13.8 Å². The van der Waals surface area contributed by atoms with Crippen LogP contribution in [0.25, 0.3) is 0 Å². The monoisotopic (exact) mass is 254 g/mol. The number of fused-ring (bicyclic) bond motifs is 1. The van der Waals surface area contributed by atoms with E-state index in [0.717, 1.165) is 31.6 Å². The number of rotatable bonds is 5. The van der Waals surface area contributed by atoms with Crippen LogP contribution in [0.3, 0.4) is 0 Å². The molecule has 102 valence electrons. The Kier molecular flexibility index (Phi) is 4.19. The maximum absolute atomic E-state index is 12.0. The topological polar surface area (TPSA) is 72.1 Å². The number of aryl methyl sites for hydroxylation is 1. The molecule has 1 atom stereocenters. The van der Waals surface area contributed by atoms with Gasteiger partial charge in [-0.2, -0.15) is 5.10 Å². The molecule has 0 saturated heterocycles. The van der Waals surface area contributed by atoms with Crippen molar-refractivity contribution in [1.29, 1.82) is 0 Å². The van der Waals surface area contributed by atoms with Crippen LogP contribution < -0.4 is 11.0 Å². The van der Waals surface area contributed by atoms with E-state index in [1.54, 1.807) is 4.57 Å². The van der Waals surface area contributed by atoms with E-state index < -0.39 is 6.10 Å². The number of hydrogen-bond acceptors (Lipinski definition) is 4. The summed E-state index contributed by atoms with van der Waals surface area (Å²) in [7, 11) is 0. The molecule has 0 amide bonds. The lowest BCUT2D eigenvalue weighted by Crippen LogP contribution is -2.37. The van der Waals surface area contributed by atoms with Crippen LogP contribution in [0, 0.1) is 0 Å². The summed E-state index contributed by atoms with van der Waals surface area (Å²) >= 11 is 0. The second kappa shape index (κ2) is 5.67. The van der Waals surface area contributed by atoms with Gasteiger partial charge in [-0.3, -0.25) is 4.57 Å². The minimum atomic E-state index is -0.581. The van der Waals surface area contributed by atoms with Gasteiger partial charge in [-0.15, -0.1) is 0 Å². The molecule has 0 aromatic carbocycles. The van der Waals surface area contributed by atoms with Crippen LogP contribution in [0.15, 0.2) is 4.79 Å². The van der Waals surface area contributed by atoms with Crippen LogP contribution in [-0.2, 0) is 19.5 Å². The van der Waals surface area contributed by atoms with Crippen molar-refractivity contribution in [2.75, 3.05) is 6.54 Å². The van der Waals surface area contributed by atoms with E-state index in [1.807, 2.05) is 13.8 Å². The van der Waals surface area contributed by atoms with E-state index in [0.29, 0.717) is 12.6 Å². The molecule has 0 fully saturated rings. The van der Waals surface area contributed by atoms with Gasteiger partial charge in [-0.25, -0.2) is 9.48 Å². The Balaban J connectivity index is 2.01. The molecule has 0 aliphatic carbocycles. The fourth-order valence-electron chi connectivity index (χ4n) is 2.20. The van der Waals surface area contributed by atoms with Crippen molar-refractivity contribution < 1.29 is 5.11 Å². The minimum absolute atomic E-state index is 0.0895. The summed E-state index contributed by atoms with van der Waals surface area (Å²) in [4.78, 5) is 12.0. The smallest absolute Gasteiger partial charge is 0.346 e. The highest BCUT2D eigenvalue weighted by Crippen LogP contribution is 2.09. The maximum atomic E-state index is 12.0. The van der Waals surface area contributed by atoms with Crippen LogP contribution in [0.5, 0.6) is 0 Å². The third-order valence-electron chi connectivity index (χ3n) is 3.18. The predicted molar refractivity (Wildman–Crippen MR) is 68.6 cm³/mol. The third-order valence-corrected chi connectivity index (χ3v) is 3.18. The predicted octanol–water partition coefficient (Wildman–Crippen LogP) is -0.260. The molecule has 2 N–H and O–H groups in total. The molecule has 1 unspecified atom stereocenters. The summed E-state index contributed by atoms with van der Waals surface area (Å²) in [5, 5.41) is 17.3. The molecule has 6 heteroatoms. The van der Waals surface area contributed by atoms with Gasteiger partial charge in [0.05, 0.1) is 12.6 Å². The number of nitrogens with zero attached hydrogens (tertiary/aromatic N) is 3. The van der Waals surface area contributed by atoms with Gasteiger partial charge >= 0.3 is 5.69 Å². The number of aromatic nitrogens is 3. The van der Waals surface area contributed by atoms with E-state index >= 15 is 0 Å². The Morgan fingerprint density at radius 2 is 2.22 bits per heavy atom. The molecular weight excluding hydrogens is 232 g/mol. The summed E-state index contributed by atoms with van der Waals surface area (Å²) in [5.74, 6) is 0.857. The molecule has 18 heavy (non-hydrogen) atoms. The quantitative estimate of drug-likeness (QED) is 0.759. The fraction of sp³-hybridized carbons (Fsp3) is 0.833. The average Bonchev–Trinajstić information content (AvgIpc) is 2.65. The molecule has 1 aliphatic rings. The lowest BCUT2D eigenvalue weighted by molar-refractivity contribution is 0.142. The van der Waals surface area contributed by atoms with Crippen LogP contribution >= 0.6 is 0 Å². The molecular formula is C12H22N4O2. The molecule has 0 spiro atoms. The molecule has 1 aliphatic heterocycles. The standard InChI is InChI=1S/C12H22N4O2/c1-9(2)13-7-10(17)8-16-12(18)15-6-4-3-5-11(15)14-16/h9-10,13,17H,3-8H2,1-2H3. The van der Waals surface area contributed by atoms with E-state index in [9.17, 15) is 9.90 Å². The second-order valence-electron chi connectivity index (χ2n) is 5.21. The largest absolute Gasteiger partial charge is 0.390 e. The molecule has 0 saturated carbocycles. The van der Waals surface area contributed by atoms with Crippen LogP contribution in [0.1, 0.15) is 32.5 Å². The zero-order valence-electron chi connectivity index (χ0n) is 11.1. The number of hydrogen-bond donors (Lipinski definition) is 2. The molecule has 1 aromatic heterocycles. The molecule has 2 rings (SSSR count). The van der Waals surface area contributed by atoms with Crippen molar-refractivity contribution in [2.24, 2.45) is 0 Å². The Hall–Kier alpha value is -1.14. The summed E-state index contributed by atoms with van der Waals surface area (Å²) in [6.07, 6.45) is 2.41. The Morgan fingerprint density at radius 1 is 1.44 bits per heavy atom. The number of nitrogens with one attached hydrogen (secondary N) is 1. The van der Waals surface area contributed by atoms with Crippen molar-refractivity contribution in [2.45, 2.75) is 58.3 Å². The van der Waals surface area contributed by atoms with Gasteiger partial charge in [0.25, 0.3) is 0 Å². The van der Waals surface area contributed by atoms with Gasteiger partial charge in [0.15, 0.2) is 0 Å². The molecule has 6 nitrogen and oxygen atoms in total. The van der Waals surface area contributed by atoms with Crippen LogP contribution in [0.4, 0.5) is 0 Å². The maximum Gasteiger partial charge on any atom is 0.346 e. The molecule has 0 bridgehead atoms. The Bertz CT molecular complexity index is 449. The van der Waals surface area contributed by atoms with Gasteiger partial charge in [0.1, 0.15) is 5.82 Å². The first-order valence-electron chi connectivity index (χ1n) is 6.66. The zero-order chi connectivity index (χ0) is 13.1. The van der Waals surface area contributed by atoms with Crippen molar-refractivity contribution in [3.63, 3.8) is 0 Å². The van der Waals surface area contributed by atoms with Crippen molar-refractivity contribution >= 4 is 0 Å². The van der Waals surface area contributed by atoms with Crippen molar-refractivity contribution in [3.05, 3.63) is 16.3 Å². The first kappa shape index (κ1) is 13.3. The van der Waals surface area contributed by atoms with E-state index in [-0.39, 0.29) is 12.2 Å². The van der Waals surface area contributed by atoms with Crippen molar-refractivity contribution in [1.82, 2.24) is 19.7 Å². The third kappa shape index (κ3) is 3.00. The lowest BCUT2D eigenvalue weighted by Gasteiger charge is -2.13. The Morgan fingerprint density at radius 3 is 2.89 bits per heavy atom. The summed E-state index contributed by atoms with van der Waals surface area (Å²) in [6.45, 7) is 5.54. The summed E-state index contributed by atoms with van der Waals surface area (Å²) in [6, 6.07) is 0.326. The SMILES string of the molecule is CC(C)NCC(O)Cn1nc2n(c1=O)CCCC2. The highest BCUT2D eigenvalue weighted by molar-refractivity contribution is 4.91. The van der Waals surface area contributed by atoms with Gasteiger partial charge in [0.2, 0.25) is 0 Å². The van der Waals surface area contributed by atoms with Gasteiger partial charge < -0.3 is 10.4 Å². The second-order valence-corrected chi connectivity index (χ2v) is 5.21.